The smallest absolute Gasteiger partial charge is 0.410 e. The lowest BCUT2D eigenvalue weighted by molar-refractivity contribution is -0.129. The van der Waals surface area contributed by atoms with E-state index in [1.54, 1.807) is 20.8 Å². The Hall–Kier alpha value is -0.810. The summed E-state index contributed by atoms with van der Waals surface area (Å²) in [4.78, 5) is 13.6. The normalized spacial score (nSPS) is 29.6. The van der Waals surface area contributed by atoms with E-state index in [2.05, 4.69) is 0 Å². The lowest BCUT2D eigenvalue weighted by atomic mass is 9.85. The van der Waals surface area contributed by atoms with Crippen LogP contribution in [-0.4, -0.2) is 45.7 Å². The van der Waals surface area contributed by atoms with Gasteiger partial charge in [0.05, 0.1) is 6.04 Å². The van der Waals surface area contributed by atoms with Gasteiger partial charge in [-0.1, -0.05) is 13.8 Å². The van der Waals surface area contributed by atoms with E-state index in [0.29, 0.717) is 12.5 Å². The summed E-state index contributed by atoms with van der Waals surface area (Å²) in [5.74, 6) is 0.379. The molecule has 5 heteroatoms. The van der Waals surface area contributed by atoms with E-state index in [1.807, 2.05) is 13.8 Å². The van der Waals surface area contributed by atoms with Crippen LogP contribution < -0.4 is 0 Å². The zero-order valence-corrected chi connectivity index (χ0v) is 11.9. The van der Waals surface area contributed by atoms with E-state index in [9.17, 15) is 15.0 Å². The highest BCUT2D eigenvalue weighted by Gasteiger charge is 2.40. The molecule has 0 aromatic heterocycles. The number of aliphatic hydroxyl groups excluding tert-OH is 1. The van der Waals surface area contributed by atoms with Crippen molar-refractivity contribution in [2.45, 2.75) is 59.0 Å². The third-order valence-electron chi connectivity index (χ3n) is 3.16. The zero-order valence-electron chi connectivity index (χ0n) is 11.9. The van der Waals surface area contributed by atoms with Crippen LogP contribution in [0, 0.1) is 11.8 Å². The Balaban J connectivity index is 2.84. The predicted octanol–water partition coefficient (Wildman–Crippen LogP) is 1.58. The quantitative estimate of drug-likeness (QED) is 0.701. The minimum atomic E-state index is -1.53. The molecule has 1 amide bonds. The van der Waals surface area contributed by atoms with Crippen LogP contribution in [0.4, 0.5) is 4.79 Å². The SMILES string of the molecule is CC1CC(C)C(C(O)O)N(C(=O)OC(C)(C)C)C1. The summed E-state index contributed by atoms with van der Waals surface area (Å²) < 4.78 is 5.32. The largest absolute Gasteiger partial charge is 0.444 e. The molecule has 1 rings (SSSR count). The molecule has 1 fully saturated rings. The number of nitrogens with zero attached hydrogens (tertiary/aromatic N) is 1. The van der Waals surface area contributed by atoms with E-state index < -0.39 is 24.0 Å². The van der Waals surface area contributed by atoms with Crippen LogP contribution in [0.2, 0.25) is 0 Å². The fourth-order valence-electron chi connectivity index (χ4n) is 2.58. The number of carbonyl (C=O) groups excluding carboxylic acids is 1. The van der Waals surface area contributed by atoms with E-state index in [1.165, 1.54) is 4.90 Å². The van der Waals surface area contributed by atoms with Gasteiger partial charge in [0, 0.05) is 6.54 Å². The molecule has 1 aliphatic rings. The molecule has 0 aromatic rings. The molecule has 0 aromatic carbocycles. The van der Waals surface area contributed by atoms with Gasteiger partial charge in [-0.2, -0.15) is 0 Å². The summed E-state index contributed by atoms with van der Waals surface area (Å²) in [6, 6.07) is -0.587. The Morgan fingerprint density at radius 2 is 1.89 bits per heavy atom. The Bertz CT molecular complexity index is 298. The molecule has 0 radical (unpaired) electrons. The lowest BCUT2D eigenvalue weighted by Crippen LogP contribution is -2.56. The Morgan fingerprint density at radius 3 is 2.33 bits per heavy atom. The second-order valence-electron chi connectivity index (χ2n) is 6.36. The van der Waals surface area contributed by atoms with E-state index in [-0.39, 0.29) is 5.92 Å². The molecule has 1 aliphatic heterocycles. The third-order valence-corrected chi connectivity index (χ3v) is 3.16. The number of ether oxygens (including phenoxy) is 1. The van der Waals surface area contributed by atoms with Gasteiger partial charge in [-0.3, -0.25) is 4.90 Å². The van der Waals surface area contributed by atoms with Crippen LogP contribution in [0.15, 0.2) is 0 Å². The minimum Gasteiger partial charge on any atom is -0.444 e. The molecule has 5 nitrogen and oxygen atoms in total. The summed E-state index contributed by atoms with van der Waals surface area (Å²) in [6.45, 7) is 9.87. The van der Waals surface area contributed by atoms with E-state index >= 15 is 0 Å². The van der Waals surface area contributed by atoms with Gasteiger partial charge in [0.2, 0.25) is 0 Å². The number of aliphatic hydroxyl groups is 2. The summed E-state index contributed by atoms with van der Waals surface area (Å²) in [7, 11) is 0. The summed E-state index contributed by atoms with van der Waals surface area (Å²) in [6.07, 6.45) is -1.12. The number of carbonyl (C=O) groups is 1. The van der Waals surface area contributed by atoms with E-state index in [4.69, 9.17) is 4.74 Å². The van der Waals surface area contributed by atoms with Gasteiger partial charge in [0.1, 0.15) is 5.60 Å². The van der Waals surface area contributed by atoms with Gasteiger partial charge in [-0.15, -0.1) is 0 Å². The monoisotopic (exact) mass is 259 g/mol. The van der Waals surface area contributed by atoms with Crippen molar-refractivity contribution in [2.75, 3.05) is 6.54 Å². The van der Waals surface area contributed by atoms with Crippen LogP contribution in [0.3, 0.4) is 0 Å². The van der Waals surface area contributed by atoms with Crippen LogP contribution in [0.5, 0.6) is 0 Å². The van der Waals surface area contributed by atoms with Crippen LogP contribution in [-0.2, 0) is 4.74 Å². The highest BCUT2D eigenvalue weighted by atomic mass is 16.6. The van der Waals surface area contributed by atoms with Crippen molar-refractivity contribution in [3.63, 3.8) is 0 Å². The molecule has 106 valence electrons. The minimum absolute atomic E-state index is 0.0428. The van der Waals surface area contributed by atoms with E-state index in [0.717, 1.165) is 6.42 Å². The molecule has 3 unspecified atom stereocenters. The van der Waals surface area contributed by atoms with Gasteiger partial charge < -0.3 is 14.9 Å². The van der Waals surface area contributed by atoms with Crippen LogP contribution in [0.1, 0.15) is 41.0 Å². The summed E-state index contributed by atoms with van der Waals surface area (Å²) in [5, 5.41) is 18.9. The number of hydrogen-bond acceptors (Lipinski definition) is 4. The van der Waals surface area contributed by atoms with Crippen molar-refractivity contribution in [2.24, 2.45) is 11.8 Å². The molecular formula is C13H25NO4. The van der Waals surface area contributed by atoms with Gasteiger partial charge >= 0.3 is 6.09 Å². The molecule has 0 aliphatic carbocycles. The highest BCUT2D eigenvalue weighted by Crippen LogP contribution is 2.29. The van der Waals surface area contributed by atoms with Crippen LogP contribution >= 0.6 is 0 Å². The van der Waals surface area contributed by atoms with Crippen molar-refractivity contribution in [1.29, 1.82) is 0 Å². The maximum atomic E-state index is 12.1. The van der Waals surface area contributed by atoms with Crippen molar-refractivity contribution in [3.05, 3.63) is 0 Å². The predicted molar refractivity (Wildman–Crippen MR) is 67.9 cm³/mol. The Kier molecular flexibility index (Phi) is 4.61. The van der Waals surface area contributed by atoms with Crippen LogP contribution in [0.25, 0.3) is 0 Å². The first kappa shape index (κ1) is 15.2. The van der Waals surface area contributed by atoms with Crippen molar-refractivity contribution in [1.82, 2.24) is 4.90 Å². The average Bonchev–Trinajstić information content (AvgIpc) is 2.12. The average molecular weight is 259 g/mol. The first-order chi connectivity index (χ1) is 8.11. The number of piperidine rings is 1. The van der Waals surface area contributed by atoms with Crippen molar-refractivity contribution >= 4 is 6.09 Å². The topological polar surface area (TPSA) is 70.0 Å². The van der Waals surface area contributed by atoms with Gasteiger partial charge in [0.15, 0.2) is 6.29 Å². The fraction of sp³-hybridized carbons (Fsp3) is 0.923. The lowest BCUT2D eigenvalue weighted by Gasteiger charge is -2.43. The Morgan fingerprint density at radius 1 is 1.33 bits per heavy atom. The maximum absolute atomic E-state index is 12.1. The zero-order chi connectivity index (χ0) is 14.1. The van der Waals surface area contributed by atoms with Crippen molar-refractivity contribution < 1.29 is 19.7 Å². The molecule has 3 atom stereocenters. The molecule has 1 heterocycles. The second kappa shape index (κ2) is 5.45. The molecule has 2 N–H and O–H groups in total. The molecule has 0 spiro atoms. The number of hydrogen-bond donors (Lipinski definition) is 2. The summed E-state index contributed by atoms with van der Waals surface area (Å²) in [5.41, 5.74) is -0.577. The molecule has 1 saturated heterocycles. The standard InChI is InChI=1S/C13H25NO4/c1-8-6-9(2)10(11(15)16)14(7-8)12(17)18-13(3,4)5/h8-11,15-16H,6-7H2,1-5H3. The molecule has 0 bridgehead atoms. The molecule has 0 saturated carbocycles. The number of rotatable bonds is 1. The molecule has 18 heavy (non-hydrogen) atoms. The van der Waals surface area contributed by atoms with Gasteiger partial charge in [0.25, 0.3) is 0 Å². The highest BCUT2D eigenvalue weighted by molar-refractivity contribution is 5.68. The number of likely N-dealkylation sites (tertiary alicyclic amines) is 1. The Labute approximate surface area is 109 Å². The van der Waals surface area contributed by atoms with Gasteiger partial charge in [-0.05, 0) is 39.0 Å². The third kappa shape index (κ3) is 3.85. The fourth-order valence-corrected chi connectivity index (χ4v) is 2.58. The summed E-state index contributed by atoms with van der Waals surface area (Å²) >= 11 is 0. The first-order valence-corrected chi connectivity index (χ1v) is 6.47. The van der Waals surface area contributed by atoms with Crippen molar-refractivity contribution in [3.8, 4) is 0 Å². The number of amides is 1. The van der Waals surface area contributed by atoms with Gasteiger partial charge in [-0.25, -0.2) is 4.79 Å². The maximum Gasteiger partial charge on any atom is 0.410 e. The molecular weight excluding hydrogens is 234 g/mol. The second-order valence-corrected chi connectivity index (χ2v) is 6.36. The first-order valence-electron chi connectivity index (χ1n) is 6.47.